The zero-order valence-electron chi connectivity index (χ0n) is 7.76. The number of rotatable bonds is 0. The van der Waals surface area contributed by atoms with Crippen molar-refractivity contribution in [1.82, 2.24) is 0 Å². The van der Waals surface area contributed by atoms with Crippen LogP contribution in [0.4, 0.5) is 0 Å². The molecule has 0 fully saturated rings. The minimum atomic E-state index is 0.846. The SMILES string of the molecule is Cc1ccc(C)c2c(Cl)cccc12. The first-order valence-electron chi connectivity index (χ1n) is 4.34. The van der Waals surface area contributed by atoms with E-state index < -0.39 is 0 Å². The minimum absolute atomic E-state index is 0.846. The second-order valence-electron chi connectivity index (χ2n) is 3.36. The third-order valence-electron chi connectivity index (χ3n) is 2.42. The summed E-state index contributed by atoms with van der Waals surface area (Å²) >= 11 is 6.13. The Kier molecular flexibility index (Phi) is 2.01. The van der Waals surface area contributed by atoms with Crippen molar-refractivity contribution < 1.29 is 0 Å². The lowest BCUT2D eigenvalue weighted by molar-refractivity contribution is 1.46. The van der Waals surface area contributed by atoms with E-state index in [4.69, 9.17) is 11.6 Å². The Morgan fingerprint density at radius 3 is 2.31 bits per heavy atom. The summed E-state index contributed by atoms with van der Waals surface area (Å²) in [5.41, 5.74) is 2.52. The largest absolute Gasteiger partial charge is 0.0837 e. The zero-order valence-corrected chi connectivity index (χ0v) is 8.52. The fraction of sp³-hybridized carbons (Fsp3) is 0.167. The van der Waals surface area contributed by atoms with E-state index in [1.165, 1.54) is 21.9 Å². The molecule has 0 atom stereocenters. The van der Waals surface area contributed by atoms with Gasteiger partial charge in [-0.2, -0.15) is 0 Å². The highest BCUT2D eigenvalue weighted by molar-refractivity contribution is 6.35. The van der Waals surface area contributed by atoms with Crippen molar-refractivity contribution in [3.8, 4) is 0 Å². The van der Waals surface area contributed by atoms with Gasteiger partial charge in [0.05, 0.1) is 0 Å². The molecule has 0 saturated heterocycles. The monoisotopic (exact) mass is 190 g/mol. The molecule has 0 bridgehead atoms. The van der Waals surface area contributed by atoms with E-state index in [1.807, 2.05) is 12.1 Å². The molecule has 1 heteroatoms. The van der Waals surface area contributed by atoms with E-state index in [9.17, 15) is 0 Å². The molecule has 0 aliphatic rings. The maximum Gasteiger partial charge on any atom is 0.0487 e. The molecule has 13 heavy (non-hydrogen) atoms. The van der Waals surface area contributed by atoms with Gasteiger partial charge in [0.1, 0.15) is 0 Å². The molecule has 2 rings (SSSR count). The normalized spacial score (nSPS) is 10.7. The van der Waals surface area contributed by atoms with Crippen molar-refractivity contribution in [1.29, 1.82) is 0 Å². The van der Waals surface area contributed by atoms with Crippen LogP contribution in [-0.2, 0) is 0 Å². The quantitative estimate of drug-likeness (QED) is 0.587. The molecule has 0 amide bonds. The molecule has 0 heterocycles. The number of hydrogen-bond donors (Lipinski definition) is 0. The zero-order chi connectivity index (χ0) is 9.42. The molecule has 0 nitrogen and oxygen atoms in total. The topological polar surface area (TPSA) is 0 Å². The van der Waals surface area contributed by atoms with Crippen LogP contribution in [0.5, 0.6) is 0 Å². The highest BCUT2D eigenvalue weighted by Gasteiger charge is 2.02. The smallest absolute Gasteiger partial charge is 0.0487 e. The Balaban J connectivity index is 3.00. The van der Waals surface area contributed by atoms with Crippen LogP contribution in [0.3, 0.4) is 0 Å². The summed E-state index contributed by atoms with van der Waals surface area (Å²) in [6.45, 7) is 4.20. The first kappa shape index (κ1) is 8.58. The maximum absolute atomic E-state index is 6.13. The van der Waals surface area contributed by atoms with Crippen molar-refractivity contribution in [2.24, 2.45) is 0 Å². The average molecular weight is 191 g/mol. The summed E-state index contributed by atoms with van der Waals surface area (Å²) < 4.78 is 0. The van der Waals surface area contributed by atoms with Gasteiger partial charge in [-0.1, -0.05) is 35.9 Å². The lowest BCUT2D eigenvalue weighted by Crippen LogP contribution is -1.82. The van der Waals surface area contributed by atoms with Crippen LogP contribution >= 0.6 is 11.6 Å². The minimum Gasteiger partial charge on any atom is -0.0837 e. The highest BCUT2D eigenvalue weighted by Crippen LogP contribution is 2.28. The number of halogens is 1. The van der Waals surface area contributed by atoms with Gasteiger partial charge in [0.25, 0.3) is 0 Å². The lowest BCUT2D eigenvalue weighted by Gasteiger charge is -2.06. The predicted octanol–water partition coefficient (Wildman–Crippen LogP) is 4.11. The average Bonchev–Trinajstić information content (AvgIpc) is 2.12. The Bertz CT molecular complexity index is 450. The third kappa shape index (κ3) is 1.31. The van der Waals surface area contributed by atoms with E-state index in [0.717, 1.165) is 5.02 Å². The molecular formula is C12H11Cl. The first-order valence-corrected chi connectivity index (χ1v) is 4.72. The summed E-state index contributed by atoms with van der Waals surface area (Å²) in [5, 5.41) is 3.29. The molecule has 0 radical (unpaired) electrons. The fourth-order valence-corrected chi connectivity index (χ4v) is 2.00. The van der Waals surface area contributed by atoms with Gasteiger partial charge in [0.2, 0.25) is 0 Å². The van der Waals surface area contributed by atoms with Crippen molar-refractivity contribution in [3.05, 3.63) is 46.5 Å². The summed E-state index contributed by atoms with van der Waals surface area (Å²) in [7, 11) is 0. The second kappa shape index (κ2) is 3.04. The summed E-state index contributed by atoms with van der Waals surface area (Å²) in [4.78, 5) is 0. The number of fused-ring (bicyclic) bond motifs is 1. The Morgan fingerprint density at radius 2 is 1.62 bits per heavy atom. The molecule has 2 aromatic rings. The number of hydrogen-bond acceptors (Lipinski definition) is 0. The van der Waals surface area contributed by atoms with E-state index in [2.05, 4.69) is 32.0 Å². The van der Waals surface area contributed by atoms with Gasteiger partial charge >= 0.3 is 0 Å². The lowest BCUT2D eigenvalue weighted by atomic mass is 10.0. The van der Waals surface area contributed by atoms with E-state index in [-0.39, 0.29) is 0 Å². The van der Waals surface area contributed by atoms with E-state index >= 15 is 0 Å². The Labute approximate surface area is 83.1 Å². The van der Waals surface area contributed by atoms with Crippen molar-refractivity contribution in [2.75, 3.05) is 0 Å². The van der Waals surface area contributed by atoms with Gasteiger partial charge in [0, 0.05) is 10.4 Å². The first-order chi connectivity index (χ1) is 6.20. The van der Waals surface area contributed by atoms with Crippen LogP contribution in [-0.4, -0.2) is 0 Å². The summed E-state index contributed by atoms with van der Waals surface area (Å²) in [6.07, 6.45) is 0. The van der Waals surface area contributed by atoms with Gasteiger partial charge in [-0.15, -0.1) is 0 Å². The van der Waals surface area contributed by atoms with Gasteiger partial charge in [-0.25, -0.2) is 0 Å². The van der Waals surface area contributed by atoms with Gasteiger partial charge in [-0.3, -0.25) is 0 Å². The molecule has 0 N–H and O–H groups in total. The van der Waals surface area contributed by atoms with Crippen LogP contribution in [0.1, 0.15) is 11.1 Å². The molecule has 66 valence electrons. The molecule has 2 aromatic carbocycles. The van der Waals surface area contributed by atoms with Crippen LogP contribution in [0.2, 0.25) is 5.02 Å². The number of aryl methyl sites for hydroxylation is 2. The molecule has 0 spiro atoms. The van der Waals surface area contributed by atoms with Crippen molar-refractivity contribution in [3.63, 3.8) is 0 Å². The molecule has 0 aliphatic carbocycles. The molecule has 0 aliphatic heterocycles. The maximum atomic E-state index is 6.13. The van der Waals surface area contributed by atoms with Crippen LogP contribution in [0.15, 0.2) is 30.3 Å². The standard InChI is InChI=1S/C12H11Cl/c1-8-6-7-9(2)12-10(8)4-3-5-11(12)13/h3-7H,1-2H3. The van der Waals surface area contributed by atoms with Crippen LogP contribution < -0.4 is 0 Å². The van der Waals surface area contributed by atoms with Gasteiger partial charge in [0.15, 0.2) is 0 Å². The van der Waals surface area contributed by atoms with Crippen molar-refractivity contribution in [2.45, 2.75) is 13.8 Å². The Hall–Kier alpha value is -1.01. The van der Waals surface area contributed by atoms with Crippen LogP contribution in [0.25, 0.3) is 10.8 Å². The van der Waals surface area contributed by atoms with Crippen molar-refractivity contribution >= 4 is 22.4 Å². The highest BCUT2D eigenvalue weighted by atomic mass is 35.5. The summed E-state index contributed by atoms with van der Waals surface area (Å²) in [5.74, 6) is 0. The molecule has 0 unspecified atom stereocenters. The van der Waals surface area contributed by atoms with Gasteiger partial charge < -0.3 is 0 Å². The van der Waals surface area contributed by atoms with E-state index in [1.54, 1.807) is 0 Å². The third-order valence-corrected chi connectivity index (χ3v) is 2.73. The fourth-order valence-electron chi connectivity index (χ4n) is 1.68. The second-order valence-corrected chi connectivity index (χ2v) is 3.77. The van der Waals surface area contributed by atoms with E-state index in [0.29, 0.717) is 0 Å². The number of benzene rings is 2. The molecule has 0 saturated carbocycles. The predicted molar refractivity (Wildman–Crippen MR) is 58.4 cm³/mol. The van der Waals surface area contributed by atoms with Crippen LogP contribution in [0, 0.1) is 13.8 Å². The Morgan fingerprint density at radius 1 is 0.923 bits per heavy atom. The molecule has 0 aromatic heterocycles. The van der Waals surface area contributed by atoms with Gasteiger partial charge in [-0.05, 0) is 36.4 Å². The summed E-state index contributed by atoms with van der Waals surface area (Å²) in [6, 6.07) is 10.3. The molecular weight excluding hydrogens is 180 g/mol.